The zero-order valence-electron chi connectivity index (χ0n) is 15.6. The Labute approximate surface area is 157 Å². The van der Waals surface area contributed by atoms with E-state index in [0.29, 0.717) is 11.7 Å². The van der Waals surface area contributed by atoms with Gasteiger partial charge in [-0.05, 0) is 83.9 Å². The number of hydrogen-bond acceptors (Lipinski definition) is 3. The summed E-state index contributed by atoms with van der Waals surface area (Å²) in [7, 11) is 0.00493. The SMILES string of the molecule is CC1(C)OB(C2CC2CCCCl)OC1(C)C.OC1CC1CCCCl. The summed E-state index contributed by atoms with van der Waals surface area (Å²) in [6.45, 7) is 8.46. The highest BCUT2D eigenvalue weighted by Gasteiger charge is 2.59. The minimum Gasteiger partial charge on any atom is -0.403 e. The fourth-order valence-electron chi connectivity index (χ4n) is 3.22. The van der Waals surface area contributed by atoms with E-state index in [0.717, 1.165) is 43.4 Å². The second kappa shape index (κ2) is 8.48. The molecule has 1 aliphatic heterocycles. The van der Waals surface area contributed by atoms with Crippen molar-refractivity contribution < 1.29 is 14.4 Å². The Morgan fingerprint density at radius 1 is 0.917 bits per heavy atom. The van der Waals surface area contributed by atoms with Crippen molar-refractivity contribution in [3.8, 4) is 0 Å². The third-order valence-corrected chi connectivity index (χ3v) is 6.44. The van der Waals surface area contributed by atoms with Crippen LogP contribution >= 0.6 is 23.2 Å². The Balaban J connectivity index is 0.000000219. The molecule has 4 atom stereocenters. The molecule has 0 aromatic rings. The van der Waals surface area contributed by atoms with Gasteiger partial charge in [0, 0.05) is 11.8 Å². The topological polar surface area (TPSA) is 38.7 Å². The second-order valence-corrected chi connectivity index (χ2v) is 9.27. The lowest BCUT2D eigenvalue weighted by atomic mass is 9.80. The van der Waals surface area contributed by atoms with Crippen LogP contribution in [0, 0.1) is 11.8 Å². The molecule has 0 amide bonds. The average molecular weight is 379 g/mol. The third-order valence-electron chi connectivity index (χ3n) is 5.90. The normalized spacial score (nSPS) is 35.4. The number of alkyl halides is 2. The van der Waals surface area contributed by atoms with Crippen molar-refractivity contribution in [2.24, 2.45) is 11.8 Å². The van der Waals surface area contributed by atoms with Crippen LogP contribution in [0.3, 0.4) is 0 Å². The molecule has 1 N–H and O–H groups in total. The van der Waals surface area contributed by atoms with E-state index in [9.17, 15) is 0 Å². The van der Waals surface area contributed by atoms with Gasteiger partial charge in [-0.1, -0.05) is 0 Å². The van der Waals surface area contributed by atoms with Crippen LogP contribution in [0.5, 0.6) is 0 Å². The van der Waals surface area contributed by atoms with Crippen LogP contribution in [0.15, 0.2) is 0 Å². The maximum atomic E-state index is 8.81. The fraction of sp³-hybridized carbons (Fsp3) is 1.00. The van der Waals surface area contributed by atoms with Crippen LogP contribution in [0.2, 0.25) is 5.82 Å². The maximum Gasteiger partial charge on any atom is 0.461 e. The Hall–Kier alpha value is 0.525. The van der Waals surface area contributed by atoms with E-state index in [2.05, 4.69) is 27.7 Å². The standard InChI is InChI=1S/C12H22BClO2.C6H11ClO/c1-11(2)12(3,4)16-13(15-11)10-8-9(10)6-5-7-14;7-3-1-2-5-4-6(5)8/h9-10H,5-8H2,1-4H3;5-6,8H,1-4H2. The Kier molecular flexibility index (Phi) is 7.36. The van der Waals surface area contributed by atoms with Crippen molar-refractivity contribution in [3.63, 3.8) is 0 Å². The molecule has 3 rings (SSSR count). The molecule has 0 aromatic carbocycles. The Bertz CT molecular complexity index is 390. The molecule has 24 heavy (non-hydrogen) atoms. The van der Waals surface area contributed by atoms with Crippen molar-refractivity contribution >= 4 is 30.3 Å². The molecule has 0 radical (unpaired) electrons. The maximum absolute atomic E-state index is 8.81. The van der Waals surface area contributed by atoms with Gasteiger partial charge in [0.05, 0.1) is 17.3 Å². The van der Waals surface area contributed by atoms with Crippen LogP contribution in [-0.2, 0) is 9.31 Å². The van der Waals surface area contributed by atoms with Gasteiger partial charge in [-0.3, -0.25) is 0 Å². The zero-order valence-corrected chi connectivity index (χ0v) is 17.1. The van der Waals surface area contributed by atoms with E-state index in [4.69, 9.17) is 37.6 Å². The molecular formula is C18H33BCl2O3. The zero-order chi connectivity index (χ0) is 18.0. The summed E-state index contributed by atoms with van der Waals surface area (Å²) in [5, 5.41) is 8.81. The molecule has 0 aromatic heterocycles. The smallest absolute Gasteiger partial charge is 0.403 e. The number of aliphatic hydroxyl groups is 1. The molecule has 0 spiro atoms. The fourth-order valence-corrected chi connectivity index (χ4v) is 3.53. The minimum atomic E-state index is -0.183. The number of rotatable bonds is 7. The largest absolute Gasteiger partial charge is 0.461 e. The van der Waals surface area contributed by atoms with Gasteiger partial charge < -0.3 is 14.4 Å². The molecule has 6 heteroatoms. The molecule has 1 saturated heterocycles. The predicted molar refractivity (Wildman–Crippen MR) is 102 cm³/mol. The van der Waals surface area contributed by atoms with Gasteiger partial charge in [-0.15, -0.1) is 23.2 Å². The molecule has 3 aliphatic rings. The van der Waals surface area contributed by atoms with Gasteiger partial charge >= 0.3 is 7.12 Å². The van der Waals surface area contributed by atoms with Crippen LogP contribution in [0.1, 0.15) is 66.2 Å². The van der Waals surface area contributed by atoms with E-state index in [1.54, 1.807) is 0 Å². The van der Waals surface area contributed by atoms with Crippen LogP contribution in [-0.4, -0.2) is 41.3 Å². The summed E-state index contributed by atoms with van der Waals surface area (Å²) in [5.74, 6) is 3.47. The third kappa shape index (κ3) is 5.51. The van der Waals surface area contributed by atoms with Crippen LogP contribution in [0.4, 0.5) is 0 Å². The van der Waals surface area contributed by atoms with E-state index in [1.807, 2.05) is 0 Å². The quantitative estimate of drug-likeness (QED) is 0.507. The molecule has 4 unspecified atom stereocenters. The van der Waals surface area contributed by atoms with Gasteiger partial charge in [-0.25, -0.2) is 0 Å². The van der Waals surface area contributed by atoms with E-state index < -0.39 is 0 Å². The lowest BCUT2D eigenvalue weighted by Crippen LogP contribution is -2.41. The summed E-state index contributed by atoms with van der Waals surface area (Å²) in [5.41, 5.74) is -0.366. The molecular weight excluding hydrogens is 346 g/mol. The first-order valence-electron chi connectivity index (χ1n) is 9.37. The first-order chi connectivity index (χ1) is 11.2. The van der Waals surface area contributed by atoms with E-state index >= 15 is 0 Å². The molecule has 0 bridgehead atoms. The highest BCUT2D eigenvalue weighted by molar-refractivity contribution is 6.48. The summed E-state index contributed by atoms with van der Waals surface area (Å²) < 4.78 is 12.1. The summed E-state index contributed by atoms with van der Waals surface area (Å²) in [6.07, 6.45) is 6.78. The van der Waals surface area contributed by atoms with E-state index in [-0.39, 0.29) is 24.4 Å². The Morgan fingerprint density at radius 2 is 1.38 bits per heavy atom. The summed E-state index contributed by atoms with van der Waals surface area (Å²) >= 11 is 11.1. The number of halogens is 2. The van der Waals surface area contributed by atoms with Crippen molar-refractivity contribution in [1.29, 1.82) is 0 Å². The van der Waals surface area contributed by atoms with Crippen molar-refractivity contribution in [1.82, 2.24) is 0 Å². The van der Waals surface area contributed by atoms with Gasteiger partial charge in [0.1, 0.15) is 0 Å². The molecule has 3 fully saturated rings. The highest BCUT2D eigenvalue weighted by Crippen LogP contribution is 2.54. The first kappa shape index (κ1) is 20.8. The van der Waals surface area contributed by atoms with Gasteiger partial charge in [0.2, 0.25) is 0 Å². The van der Waals surface area contributed by atoms with Gasteiger partial charge in [0.15, 0.2) is 0 Å². The van der Waals surface area contributed by atoms with Gasteiger partial charge in [0.25, 0.3) is 0 Å². The van der Waals surface area contributed by atoms with Gasteiger partial charge in [-0.2, -0.15) is 0 Å². The number of aliphatic hydroxyl groups excluding tert-OH is 1. The predicted octanol–water partition coefficient (Wildman–Crippen LogP) is 4.87. The molecule has 3 nitrogen and oxygen atoms in total. The monoisotopic (exact) mass is 378 g/mol. The lowest BCUT2D eigenvalue weighted by molar-refractivity contribution is 0.00578. The molecule has 2 saturated carbocycles. The van der Waals surface area contributed by atoms with E-state index in [1.165, 1.54) is 12.8 Å². The summed E-state index contributed by atoms with van der Waals surface area (Å²) in [4.78, 5) is 0. The first-order valence-corrected chi connectivity index (χ1v) is 10.4. The van der Waals surface area contributed by atoms with Crippen molar-refractivity contribution in [2.45, 2.75) is 89.3 Å². The van der Waals surface area contributed by atoms with Crippen molar-refractivity contribution in [2.75, 3.05) is 11.8 Å². The van der Waals surface area contributed by atoms with Crippen molar-refractivity contribution in [3.05, 3.63) is 0 Å². The average Bonchev–Trinajstić information content (AvgIpc) is 3.38. The Morgan fingerprint density at radius 3 is 1.79 bits per heavy atom. The van der Waals surface area contributed by atoms with Crippen LogP contribution in [0.25, 0.3) is 0 Å². The highest BCUT2D eigenvalue weighted by atomic mass is 35.5. The minimum absolute atomic E-state index is 0.00493. The molecule has 1 heterocycles. The lowest BCUT2D eigenvalue weighted by Gasteiger charge is -2.32. The molecule has 140 valence electrons. The summed E-state index contributed by atoms with van der Waals surface area (Å²) in [6, 6.07) is 0. The second-order valence-electron chi connectivity index (χ2n) is 8.51. The molecule has 2 aliphatic carbocycles. The van der Waals surface area contributed by atoms with Crippen LogP contribution < -0.4 is 0 Å². The number of hydrogen-bond donors (Lipinski definition) is 1.